The van der Waals surface area contributed by atoms with E-state index in [1.807, 2.05) is 12.1 Å². The van der Waals surface area contributed by atoms with Crippen molar-refractivity contribution in [3.63, 3.8) is 0 Å². The Morgan fingerprint density at radius 1 is 1.50 bits per heavy atom. The van der Waals surface area contributed by atoms with Crippen molar-refractivity contribution < 1.29 is 4.79 Å². The molecule has 0 aliphatic heterocycles. The molecule has 1 atom stereocenters. The van der Waals surface area contributed by atoms with Gasteiger partial charge >= 0.3 is 0 Å². The molecule has 0 aliphatic carbocycles. The fourth-order valence-electron chi connectivity index (χ4n) is 1.67. The molecule has 0 saturated heterocycles. The molecule has 1 heterocycles. The first-order valence-electron chi connectivity index (χ1n) is 5.31. The van der Waals surface area contributed by atoms with Crippen LogP contribution in [-0.4, -0.2) is 15.6 Å². The molecule has 5 heteroatoms. The van der Waals surface area contributed by atoms with Crippen molar-refractivity contribution in [1.82, 2.24) is 9.78 Å². The Labute approximate surface area is 113 Å². The van der Waals surface area contributed by atoms with Gasteiger partial charge in [0.25, 0.3) is 0 Å². The van der Waals surface area contributed by atoms with Crippen molar-refractivity contribution in [2.24, 2.45) is 7.05 Å². The molecule has 4 nitrogen and oxygen atoms in total. The largest absolute Gasteiger partial charge is 0.290 e. The minimum Gasteiger partial charge on any atom is -0.290 e. The van der Waals surface area contributed by atoms with Gasteiger partial charge in [-0.3, -0.25) is 9.48 Å². The SMILES string of the molecule is Cn1ccc(C(=O)C(C#N)c2cccc(Br)c2)n1. The number of ketones is 1. The fourth-order valence-corrected chi connectivity index (χ4v) is 2.08. The second-order valence-electron chi connectivity index (χ2n) is 3.86. The Hall–Kier alpha value is -1.93. The third kappa shape index (κ3) is 2.49. The molecule has 0 radical (unpaired) electrons. The number of rotatable bonds is 3. The summed E-state index contributed by atoms with van der Waals surface area (Å²) in [5.74, 6) is -1.10. The predicted octanol–water partition coefficient (Wildman–Crippen LogP) is 2.67. The van der Waals surface area contributed by atoms with E-state index < -0.39 is 5.92 Å². The zero-order valence-electron chi connectivity index (χ0n) is 9.67. The van der Waals surface area contributed by atoms with Crippen molar-refractivity contribution in [3.8, 4) is 6.07 Å². The number of halogens is 1. The van der Waals surface area contributed by atoms with Crippen LogP contribution in [0.25, 0.3) is 0 Å². The lowest BCUT2D eigenvalue weighted by Crippen LogP contribution is -2.12. The van der Waals surface area contributed by atoms with E-state index in [-0.39, 0.29) is 5.78 Å². The van der Waals surface area contributed by atoms with E-state index in [0.29, 0.717) is 11.3 Å². The third-order valence-corrected chi connectivity index (χ3v) is 3.03. The lowest BCUT2D eigenvalue weighted by molar-refractivity contribution is 0.0973. The van der Waals surface area contributed by atoms with Crippen molar-refractivity contribution in [3.05, 3.63) is 52.3 Å². The van der Waals surface area contributed by atoms with Crippen molar-refractivity contribution in [1.29, 1.82) is 5.26 Å². The van der Waals surface area contributed by atoms with Crippen LogP contribution in [0, 0.1) is 11.3 Å². The number of hydrogen-bond acceptors (Lipinski definition) is 3. The molecule has 0 fully saturated rings. The maximum atomic E-state index is 12.2. The van der Waals surface area contributed by atoms with Crippen molar-refractivity contribution in [2.75, 3.05) is 0 Å². The van der Waals surface area contributed by atoms with Crippen LogP contribution in [0.15, 0.2) is 41.0 Å². The summed E-state index contributed by atoms with van der Waals surface area (Å²) >= 11 is 3.33. The first-order chi connectivity index (χ1) is 8.61. The average molecular weight is 304 g/mol. The second kappa shape index (κ2) is 5.15. The molecule has 0 bridgehead atoms. The Kier molecular flexibility index (Phi) is 3.58. The Morgan fingerprint density at radius 2 is 2.28 bits per heavy atom. The first-order valence-corrected chi connectivity index (χ1v) is 6.10. The van der Waals surface area contributed by atoms with Crippen LogP contribution in [0.2, 0.25) is 0 Å². The van der Waals surface area contributed by atoms with Gasteiger partial charge in [-0.25, -0.2) is 0 Å². The maximum Gasteiger partial charge on any atom is 0.204 e. The number of carbonyl (C=O) groups is 1. The molecule has 1 aromatic carbocycles. The van der Waals surface area contributed by atoms with Gasteiger partial charge in [-0.2, -0.15) is 10.4 Å². The van der Waals surface area contributed by atoms with Gasteiger partial charge in [0.2, 0.25) is 5.78 Å². The Bertz CT molecular complexity index is 627. The molecule has 0 amide bonds. The normalized spacial score (nSPS) is 11.8. The number of nitrogens with zero attached hydrogens (tertiary/aromatic N) is 3. The maximum absolute atomic E-state index is 12.2. The number of aromatic nitrogens is 2. The number of benzene rings is 1. The second-order valence-corrected chi connectivity index (χ2v) is 4.77. The van der Waals surface area contributed by atoms with E-state index in [1.165, 1.54) is 0 Å². The molecule has 18 heavy (non-hydrogen) atoms. The summed E-state index contributed by atoms with van der Waals surface area (Å²) in [5.41, 5.74) is 0.978. The highest BCUT2D eigenvalue weighted by Gasteiger charge is 2.23. The van der Waals surface area contributed by atoms with E-state index in [0.717, 1.165) is 4.47 Å². The van der Waals surface area contributed by atoms with Gasteiger partial charge in [-0.15, -0.1) is 0 Å². The number of aryl methyl sites for hydroxylation is 1. The van der Waals surface area contributed by atoms with E-state index in [2.05, 4.69) is 21.0 Å². The molecule has 1 aromatic heterocycles. The zero-order valence-corrected chi connectivity index (χ0v) is 11.3. The predicted molar refractivity (Wildman–Crippen MR) is 70.0 cm³/mol. The third-order valence-electron chi connectivity index (χ3n) is 2.54. The fraction of sp³-hybridized carbons (Fsp3) is 0.154. The van der Waals surface area contributed by atoms with Gasteiger partial charge < -0.3 is 0 Å². The van der Waals surface area contributed by atoms with E-state index in [1.54, 1.807) is 42.2 Å². The lowest BCUT2D eigenvalue weighted by atomic mass is 9.94. The van der Waals surface area contributed by atoms with Crippen molar-refractivity contribution >= 4 is 21.7 Å². The summed E-state index contributed by atoms with van der Waals surface area (Å²) in [4.78, 5) is 12.2. The van der Waals surface area contributed by atoms with Gasteiger partial charge in [-0.1, -0.05) is 28.1 Å². The molecule has 0 aliphatic rings. The molecule has 90 valence electrons. The van der Waals surface area contributed by atoms with Gasteiger partial charge in [0, 0.05) is 17.7 Å². The standard InChI is InChI=1S/C13H10BrN3O/c1-17-6-5-12(16-17)13(18)11(8-15)9-3-2-4-10(14)7-9/h2-7,11H,1H3. The number of Topliss-reactive ketones (excluding diaryl/α,β-unsaturated/α-hetero) is 1. The molecule has 0 saturated carbocycles. The van der Waals surface area contributed by atoms with Crippen LogP contribution in [-0.2, 0) is 7.05 Å². The van der Waals surface area contributed by atoms with E-state index in [9.17, 15) is 10.1 Å². The van der Waals surface area contributed by atoms with Crippen LogP contribution in [0.1, 0.15) is 22.0 Å². The minimum absolute atomic E-state index is 0.281. The highest BCUT2D eigenvalue weighted by atomic mass is 79.9. The summed E-state index contributed by atoms with van der Waals surface area (Å²) in [6, 6.07) is 10.8. The van der Waals surface area contributed by atoms with Crippen LogP contribution in [0.3, 0.4) is 0 Å². The lowest BCUT2D eigenvalue weighted by Gasteiger charge is -2.07. The first kappa shape index (κ1) is 12.5. The molecule has 1 unspecified atom stereocenters. The molecule has 0 N–H and O–H groups in total. The van der Waals surface area contributed by atoms with E-state index >= 15 is 0 Å². The highest BCUT2D eigenvalue weighted by molar-refractivity contribution is 9.10. The van der Waals surface area contributed by atoms with Gasteiger partial charge in [-0.05, 0) is 23.8 Å². The quantitative estimate of drug-likeness (QED) is 0.819. The van der Waals surface area contributed by atoms with Crippen LogP contribution in [0.4, 0.5) is 0 Å². The molecular weight excluding hydrogens is 294 g/mol. The molecular formula is C13H10BrN3O. The topological polar surface area (TPSA) is 58.7 Å². The van der Waals surface area contributed by atoms with Crippen LogP contribution < -0.4 is 0 Å². The Balaban J connectivity index is 2.35. The average Bonchev–Trinajstić information content (AvgIpc) is 2.77. The minimum atomic E-state index is -0.822. The molecule has 2 aromatic rings. The van der Waals surface area contributed by atoms with Gasteiger partial charge in [0.1, 0.15) is 11.6 Å². The summed E-state index contributed by atoms with van der Waals surface area (Å²) in [5, 5.41) is 13.2. The van der Waals surface area contributed by atoms with Gasteiger partial charge in [0.15, 0.2) is 0 Å². The van der Waals surface area contributed by atoms with Crippen molar-refractivity contribution in [2.45, 2.75) is 5.92 Å². The van der Waals surface area contributed by atoms with Gasteiger partial charge in [0.05, 0.1) is 6.07 Å². The number of nitriles is 1. The summed E-state index contributed by atoms with van der Waals surface area (Å²) in [7, 11) is 1.73. The van der Waals surface area contributed by atoms with Crippen LogP contribution in [0.5, 0.6) is 0 Å². The molecule has 2 rings (SSSR count). The number of carbonyl (C=O) groups excluding carboxylic acids is 1. The smallest absolute Gasteiger partial charge is 0.204 e. The number of hydrogen-bond donors (Lipinski definition) is 0. The Morgan fingerprint density at radius 3 is 2.83 bits per heavy atom. The summed E-state index contributed by atoms with van der Waals surface area (Å²) in [6.07, 6.45) is 1.68. The van der Waals surface area contributed by atoms with E-state index in [4.69, 9.17) is 0 Å². The zero-order chi connectivity index (χ0) is 13.1. The van der Waals surface area contributed by atoms with Crippen LogP contribution >= 0.6 is 15.9 Å². The molecule has 0 spiro atoms. The monoisotopic (exact) mass is 303 g/mol. The highest BCUT2D eigenvalue weighted by Crippen LogP contribution is 2.22. The summed E-state index contributed by atoms with van der Waals surface area (Å²) < 4.78 is 2.39. The summed E-state index contributed by atoms with van der Waals surface area (Å²) in [6.45, 7) is 0.